The second-order valence-electron chi connectivity index (χ2n) is 12.1. The number of benzene rings is 3. The van der Waals surface area contributed by atoms with Gasteiger partial charge in [0.25, 0.3) is 5.56 Å². The van der Waals surface area contributed by atoms with Gasteiger partial charge in [0.2, 0.25) is 11.9 Å². The fourth-order valence-electron chi connectivity index (χ4n) is 6.22. The van der Waals surface area contributed by atoms with Crippen LogP contribution in [-0.2, 0) is 15.1 Å². The third-order valence-electron chi connectivity index (χ3n) is 8.24. The average Bonchev–Trinajstić information content (AvgIpc) is 3.67. The van der Waals surface area contributed by atoms with Gasteiger partial charge in [0.1, 0.15) is 23.8 Å². The predicted molar refractivity (Wildman–Crippen MR) is 182 cm³/mol. The summed E-state index contributed by atoms with van der Waals surface area (Å²) < 4.78 is 21.9. The molecule has 0 amide bonds. The zero-order valence-electron chi connectivity index (χ0n) is 27.0. The molecule has 13 nitrogen and oxygen atoms in total. The molecule has 4 heterocycles. The van der Waals surface area contributed by atoms with Crippen molar-refractivity contribution in [3.8, 4) is 11.5 Å². The number of nitrogens with zero attached hydrogens (tertiary/aromatic N) is 7. The van der Waals surface area contributed by atoms with Crippen LogP contribution in [0.3, 0.4) is 0 Å². The van der Waals surface area contributed by atoms with Crippen LogP contribution in [0.1, 0.15) is 29.3 Å². The summed E-state index contributed by atoms with van der Waals surface area (Å²) >= 11 is 0. The summed E-state index contributed by atoms with van der Waals surface area (Å²) in [4.78, 5) is 37.4. The van der Waals surface area contributed by atoms with E-state index in [1.807, 2.05) is 107 Å². The van der Waals surface area contributed by atoms with Crippen molar-refractivity contribution in [2.75, 3.05) is 34.8 Å². The summed E-state index contributed by atoms with van der Waals surface area (Å²) in [5.74, 6) is 1.66. The van der Waals surface area contributed by atoms with Gasteiger partial charge in [-0.1, -0.05) is 66.7 Å². The Hall–Kier alpha value is -5.37. The lowest BCUT2D eigenvalue weighted by molar-refractivity contribution is -0.101. The van der Waals surface area contributed by atoms with Gasteiger partial charge in [-0.15, -0.1) is 0 Å². The molecule has 246 valence electrons. The first-order valence-corrected chi connectivity index (χ1v) is 15.6. The molecule has 3 aromatic carbocycles. The topological polar surface area (TPSA) is 143 Å². The number of aliphatic imine (C=N–C) groups is 2. The fraction of sp³-hybridized carbons (Fsp3) is 0.286. The molecule has 13 heteroatoms. The van der Waals surface area contributed by atoms with Crippen molar-refractivity contribution in [2.45, 2.75) is 30.5 Å². The molecule has 0 aliphatic carbocycles. The number of hydrogen-bond acceptors (Lipinski definition) is 9. The highest BCUT2D eigenvalue weighted by Gasteiger charge is 2.50. The lowest BCUT2D eigenvalue weighted by Crippen LogP contribution is -2.42. The lowest BCUT2D eigenvalue weighted by Gasteiger charge is -2.42. The van der Waals surface area contributed by atoms with E-state index in [4.69, 9.17) is 14.2 Å². The monoisotopic (exact) mass is 648 g/mol. The van der Waals surface area contributed by atoms with Crippen LogP contribution >= 0.6 is 0 Å². The number of ether oxygens (including phenoxy) is 3. The summed E-state index contributed by atoms with van der Waals surface area (Å²) in [6, 6.07) is 25.6. The molecule has 2 aromatic heterocycles. The Kier molecular flexibility index (Phi) is 8.25. The second-order valence-corrected chi connectivity index (χ2v) is 12.1. The number of hydrogen-bond donors (Lipinski definition) is 2. The Balaban J connectivity index is 1.36. The Morgan fingerprint density at radius 2 is 1.56 bits per heavy atom. The summed E-state index contributed by atoms with van der Waals surface area (Å²) in [7, 11) is 7.30. The van der Waals surface area contributed by atoms with Gasteiger partial charge in [-0.05, 0) is 17.7 Å². The van der Waals surface area contributed by atoms with E-state index in [1.54, 1.807) is 27.0 Å². The zero-order valence-corrected chi connectivity index (χ0v) is 27.0. The molecule has 0 bridgehead atoms. The first kappa shape index (κ1) is 31.2. The zero-order chi connectivity index (χ0) is 33.4. The number of aliphatic hydroxyl groups excluding tert-OH is 1. The van der Waals surface area contributed by atoms with Gasteiger partial charge in [0.05, 0.1) is 25.4 Å². The summed E-state index contributed by atoms with van der Waals surface area (Å²) in [5, 5.41) is 10.7. The molecular formula is C35H36N8O5. The standard InChI is InChI=1S/C35H36N8O5/c1-41(2)20-36-33-39-31-30(32(45)40-33)38-34(37-21-42(3)4)43(31)29-18-27(28(19-44)47-29)48-35(22-12-6-5-7-13-22)23-14-8-10-16-25(23)46-26-17-11-9-15-24(26)35/h5-17,20-21,27-29,44H,18-19H2,1-4H3,(H,39,40,45)/t27?,28-,29-/m1/s1. The molecular weight excluding hydrogens is 612 g/mol. The van der Waals surface area contributed by atoms with E-state index in [0.29, 0.717) is 11.5 Å². The van der Waals surface area contributed by atoms with E-state index in [-0.39, 0.29) is 36.1 Å². The molecule has 1 saturated heterocycles. The molecule has 1 unspecified atom stereocenters. The minimum Gasteiger partial charge on any atom is -0.457 e. The Morgan fingerprint density at radius 1 is 0.938 bits per heavy atom. The van der Waals surface area contributed by atoms with Crippen LogP contribution in [0.2, 0.25) is 0 Å². The number of fused-ring (bicyclic) bond motifs is 3. The van der Waals surface area contributed by atoms with Crippen LogP contribution in [-0.4, -0.2) is 94.1 Å². The van der Waals surface area contributed by atoms with Crippen LogP contribution in [0.15, 0.2) is 93.6 Å². The Bertz CT molecular complexity index is 2010. The van der Waals surface area contributed by atoms with Crippen molar-refractivity contribution in [3.63, 3.8) is 0 Å². The SMILES string of the molecule is CN(C)C=Nc1nc2c(nc(N=CN(C)C)n2[C@H]2CC(OC3(c4ccccc4)c4ccccc4Oc4ccccc43)[C@@H](CO)O2)c(=O)[nH]1. The lowest BCUT2D eigenvalue weighted by atomic mass is 9.77. The molecule has 7 rings (SSSR count). The average molecular weight is 649 g/mol. The van der Waals surface area contributed by atoms with E-state index < -0.39 is 29.6 Å². The molecule has 2 N–H and O–H groups in total. The van der Waals surface area contributed by atoms with Crippen molar-refractivity contribution < 1.29 is 19.3 Å². The van der Waals surface area contributed by atoms with Crippen molar-refractivity contribution >= 4 is 35.7 Å². The number of nitrogens with one attached hydrogen (secondary N) is 1. The van der Waals surface area contributed by atoms with Crippen LogP contribution in [0, 0.1) is 0 Å². The molecule has 5 aromatic rings. The minimum absolute atomic E-state index is 0.0891. The van der Waals surface area contributed by atoms with Crippen LogP contribution in [0.5, 0.6) is 11.5 Å². The maximum atomic E-state index is 13.2. The van der Waals surface area contributed by atoms with Gasteiger partial charge in [-0.2, -0.15) is 4.98 Å². The molecule has 0 spiro atoms. The largest absolute Gasteiger partial charge is 0.457 e. The molecule has 1 fully saturated rings. The summed E-state index contributed by atoms with van der Waals surface area (Å²) in [6.45, 7) is -0.318. The highest BCUT2D eigenvalue weighted by molar-refractivity contribution is 5.76. The molecule has 3 atom stereocenters. The highest BCUT2D eigenvalue weighted by Crippen LogP contribution is 2.54. The fourth-order valence-corrected chi connectivity index (χ4v) is 6.22. The van der Waals surface area contributed by atoms with Crippen LogP contribution < -0.4 is 10.3 Å². The number of H-pyrrole nitrogens is 1. The quantitative estimate of drug-likeness (QED) is 0.176. The summed E-state index contributed by atoms with van der Waals surface area (Å²) in [5.41, 5.74) is 1.33. The third-order valence-corrected chi connectivity index (χ3v) is 8.24. The van der Waals surface area contributed by atoms with Gasteiger partial charge in [-0.3, -0.25) is 14.3 Å². The molecule has 0 radical (unpaired) electrons. The predicted octanol–water partition coefficient (Wildman–Crippen LogP) is 4.33. The van der Waals surface area contributed by atoms with Crippen LogP contribution in [0.25, 0.3) is 11.2 Å². The summed E-state index contributed by atoms with van der Waals surface area (Å²) in [6.07, 6.45) is 1.30. The first-order valence-electron chi connectivity index (χ1n) is 15.6. The van der Waals surface area contributed by atoms with Crippen molar-refractivity contribution in [2.24, 2.45) is 9.98 Å². The second kappa shape index (κ2) is 12.7. The third kappa shape index (κ3) is 5.51. The number of aromatic nitrogens is 4. The number of rotatable bonds is 9. The van der Waals surface area contributed by atoms with Gasteiger partial charge in [0.15, 0.2) is 16.8 Å². The van der Waals surface area contributed by atoms with E-state index in [9.17, 15) is 9.90 Å². The van der Waals surface area contributed by atoms with E-state index >= 15 is 0 Å². The maximum Gasteiger partial charge on any atom is 0.280 e. The van der Waals surface area contributed by atoms with Crippen molar-refractivity contribution in [3.05, 3.63) is 106 Å². The molecule has 0 saturated carbocycles. The molecule has 2 aliphatic rings. The van der Waals surface area contributed by atoms with Gasteiger partial charge < -0.3 is 29.1 Å². The van der Waals surface area contributed by atoms with Crippen molar-refractivity contribution in [1.29, 1.82) is 0 Å². The number of aliphatic hydroxyl groups is 1. The van der Waals surface area contributed by atoms with Crippen LogP contribution in [0.4, 0.5) is 11.9 Å². The van der Waals surface area contributed by atoms with E-state index in [1.165, 1.54) is 0 Å². The Labute approximate surface area is 276 Å². The highest BCUT2D eigenvalue weighted by atomic mass is 16.6. The first-order chi connectivity index (χ1) is 23.3. The Morgan fingerprint density at radius 3 is 2.21 bits per heavy atom. The number of aromatic amines is 1. The van der Waals surface area contributed by atoms with Crippen molar-refractivity contribution in [1.82, 2.24) is 29.3 Å². The minimum atomic E-state index is -1.10. The number of para-hydroxylation sites is 2. The van der Waals surface area contributed by atoms with Gasteiger partial charge >= 0.3 is 0 Å². The van der Waals surface area contributed by atoms with E-state index in [2.05, 4.69) is 24.9 Å². The maximum absolute atomic E-state index is 13.2. The molecule has 48 heavy (non-hydrogen) atoms. The van der Waals surface area contributed by atoms with E-state index in [0.717, 1.165) is 16.7 Å². The van der Waals surface area contributed by atoms with Gasteiger partial charge in [-0.25, -0.2) is 15.0 Å². The number of imidazole rings is 1. The van der Waals surface area contributed by atoms with Gasteiger partial charge in [0, 0.05) is 45.7 Å². The molecule has 2 aliphatic heterocycles. The normalized spacial score (nSPS) is 19.8. The smallest absolute Gasteiger partial charge is 0.280 e.